The Kier molecular flexibility index (Phi) is 9.11. The van der Waals surface area contributed by atoms with Gasteiger partial charge < -0.3 is 19.3 Å². The number of amides is 2. The van der Waals surface area contributed by atoms with Gasteiger partial charge in [0.05, 0.1) is 25.4 Å². The fraction of sp³-hybridized carbons (Fsp3) is 0.606. The summed E-state index contributed by atoms with van der Waals surface area (Å²) in [5, 5.41) is 0. The van der Waals surface area contributed by atoms with Gasteiger partial charge in [-0.25, -0.2) is 9.18 Å². The normalized spacial score (nSPS) is 22.9. The second-order valence-corrected chi connectivity index (χ2v) is 13.8. The second kappa shape index (κ2) is 12.5. The molecule has 0 spiro atoms. The molecule has 5 rings (SSSR count). The Morgan fingerprint density at radius 3 is 2.56 bits per heavy atom. The van der Waals surface area contributed by atoms with Gasteiger partial charge in [0.25, 0.3) is 0 Å². The minimum atomic E-state index is -0.584. The third-order valence-electron chi connectivity index (χ3n) is 8.64. The maximum absolute atomic E-state index is 14.4. The van der Waals surface area contributed by atoms with E-state index in [1.165, 1.54) is 6.07 Å². The Morgan fingerprint density at radius 2 is 1.86 bits per heavy atom. The molecule has 0 aliphatic carbocycles. The van der Waals surface area contributed by atoms with Crippen LogP contribution in [0.2, 0.25) is 0 Å². The molecule has 1 aromatic carbocycles. The van der Waals surface area contributed by atoms with Crippen LogP contribution >= 0.6 is 0 Å². The zero-order chi connectivity index (χ0) is 30.9. The van der Waals surface area contributed by atoms with Crippen molar-refractivity contribution in [1.29, 1.82) is 0 Å². The van der Waals surface area contributed by atoms with Crippen molar-refractivity contribution in [3.05, 3.63) is 59.2 Å². The summed E-state index contributed by atoms with van der Waals surface area (Å²) in [6.45, 7) is 17.5. The number of nitrogens with zero attached hydrogens (tertiary/aromatic N) is 5. The van der Waals surface area contributed by atoms with Gasteiger partial charge in [0, 0.05) is 80.6 Å². The monoisotopic (exact) mass is 595 g/mol. The van der Waals surface area contributed by atoms with Gasteiger partial charge in [-0.1, -0.05) is 32.0 Å². The highest BCUT2D eigenvalue weighted by Crippen LogP contribution is 2.41. The molecule has 0 N–H and O–H groups in total. The predicted molar refractivity (Wildman–Crippen MR) is 164 cm³/mol. The standard InChI is InChI=1S/C33H46FN5O4/c1-23-18-37(26(19-36-11-13-42-14-12-36)20-38(23)31(41)43-32(2,3)4)21-30(40)39-22-33(5,6)27-17-35-25(16-29(27)39)15-24-9-7-8-10-28(24)34/h7-10,16-17,23,26H,11-15,18-22H2,1-6H3/t23-,26+/m1/s1. The molecule has 9 nitrogen and oxygen atoms in total. The van der Waals surface area contributed by atoms with Crippen LogP contribution in [0, 0.1) is 5.82 Å². The van der Waals surface area contributed by atoms with Crippen LogP contribution in [0.5, 0.6) is 0 Å². The maximum atomic E-state index is 14.4. The number of morpholine rings is 1. The van der Waals surface area contributed by atoms with Gasteiger partial charge in [-0.15, -0.1) is 0 Å². The number of ether oxygens (including phenoxy) is 2. The predicted octanol–water partition coefficient (Wildman–Crippen LogP) is 4.08. The number of hydrogen-bond acceptors (Lipinski definition) is 7. The molecule has 2 saturated heterocycles. The van der Waals surface area contributed by atoms with Crippen molar-refractivity contribution < 1.29 is 23.5 Å². The number of aromatic nitrogens is 1. The second-order valence-electron chi connectivity index (χ2n) is 13.8. The first-order chi connectivity index (χ1) is 20.3. The number of benzene rings is 1. The lowest BCUT2D eigenvalue weighted by molar-refractivity contribution is -0.121. The summed E-state index contributed by atoms with van der Waals surface area (Å²) < 4.78 is 25.7. The number of anilines is 1. The number of rotatable bonds is 6. The first-order valence-electron chi connectivity index (χ1n) is 15.4. The zero-order valence-electron chi connectivity index (χ0n) is 26.4. The molecule has 0 bridgehead atoms. The summed E-state index contributed by atoms with van der Waals surface area (Å²) in [4.78, 5) is 40.2. The third-order valence-corrected chi connectivity index (χ3v) is 8.64. The van der Waals surface area contributed by atoms with Crippen LogP contribution in [0.15, 0.2) is 36.5 Å². The molecule has 234 valence electrons. The molecular weight excluding hydrogens is 549 g/mol. The van der Waals surface area contributed by atoms with E-state index in [-0.39, 0.29) is 41.9 Å². The van der Waals surface area contributed by atoms with E-state index in [1.807, 2.05) is 55.8 Å². The molecule has 4 heterocycles. The zero-order valence-corrected chi connectivity index (χ0v) is 26.4. The average molecular weight is 596 g/mol. The average Bonchev–Trinajstić information content (AvgIpc) is 3.21. The minimum Gasteiger partial charge on any atom is -0.444 e. The Hall–Kier alpha value is -3.08. The lowest BCUT2D eigenvalue weighted by atomic mass is 9.88. The quantitative estimate of drug-likeness (QED) is 0.498. The molecule has 3 aliphatic rings. The van der Waals surface area contributed by atoms with Crippen molar-refractivity contribution in [2.75, 3.05) is 63.9 Å². The van der Waals surface area contributed by atoms with Crippen LogP contribution in [0.1, 0.15) is 58.4 Å². The Labute approximate surface area is 254 Å². The van der Waals surface area contributed by atoms with E-state index < -0.39 is 5.60 Å². The lowest BCUT2D eigenvalue weighted by Gasteiger charge is -2.47. The van der Waals surface area contributed by atoms with Crippen LogP contribution in [0.4, 0.5) is 14.9 Å². The SMILES string of the molecule is C[C@@H]1CN(CC(=O)N2CC(C)(C)c3cnc(Cc4ccccc4F)cc32)[C@@H](CN2CCOCC2)CN1C(=O)OC(C)(C)C. The van der Waals surface area contributed by atoms with E-state index in [1.54, 1.807) is 12.1 Å². The third kappa shape index (κ3) is 7.36. The highest BCUT2D eigenvalue weighted by molar-refractivity contribution is 5.97. The number of carbonyl (C=O) groups is 2. The molecular formula is C33H46FN5O4. The van der Waals surface area contributed by atoms with Crippen LogP contribution in [-0.2, 0) is 26.1 Å². The lowest BCUT2D eigenvalue weighted by Crippen LogP contribution is -2.63. The molecule has 2 fully saturated rings. The van der Waals surface area contributed by atoms with E-state index in [2.05, 4.69) is 28.6 Å². The molecule has 10 heteroatoms. The first kappa shape index (κ1) is 31.3. The summed E-state index contributed by atoms with van der Waals surface area (Å²) in [5.41, 5.74) is 2.33. The van der Waals surface area contributed by atoms with E-state index in [0.717, 1.165) is 36.6 Å². The van der Waals surface area contributed by atoms with Gasteiger partial charge in [-0.2, -0.15) is 0 Å². The fourth-order valence-electron chi connectivity index (χ4n) is 6.35. The highest BCUT2D eigenvalue weighted by Gasteiger charge is 2.42. The van der Waals surface area contributed by atoms with E-state index in [9.17, 15) is 14.0 Å². The molecule has 1 aromatic heterocycles. The summed E-state index contributed by atoms with van der Waals surface area (Å²) in [6, 6.07) is 8.53. The van der Waals surface area contributed by atoms with E-state index >= 15 is 0 Å². The topological polar surface area (TPSA) is 78.5 Å². The van der Waals surface area contributed by atoms with Crippen molar-refractivity contribution in [3.8, 4) is 0 Å². The van der Waals surface area contributed by atoms with E-state index in [0.29, 0.717) is 44.8 Å². The Morgan fingerprint density at radius 1 is 1.14 bits per heavy atom. The Bertz CT molecular complexity index is 1320. The van der Waals surface area contributed by atoms with Crippen LogP contribution < -0.4 is 4.90 Å². The fourth-order valence-corrected chi connectivity index (χ4v) is 6.35. The summed E-state index contributed by atoms with van der Waals surface area (Å²) in [6.07, 6.45) is 1.89. The molecule has 2 aromatic rings. The van der Waals surface area contributed by atoms with Crippen LogP contribution in [0.25, 0.3) is 0 Å². The van der Waals surface area contributed by atoms with Gasteiger partial charge in [0.2, 0.25) is 5.91 Å². The molecule has 0 unspecified atom stereocenters. The van der Waals surface area contributed by atoms with Gasteiger partial charge in [0.15, 0.2) is 0 Å². The Balaban J connectivity index is 1.35. The number of carbonyl (C=O) groups excluding carboxylic acids is 2. The van der Waals surface area contributed by atoms with Crippen LogP contribution in [-0.4, -0.2) is 108 Å². The van der Waals surface area contributed by atoms with Gasteiger partial charge in [0.1, 0.15) is 11.4 Å². The van der Waals surface area contributed by atoms with Gasteiger partial charge in [-0.05, 0) is 45.4 Å². The van der Waals surface area contributed by atoms with E-state index in [4.69, 9.17) is 9.47 Å². The van der Waals surface area contributed by atoms with Gasteiger partial charge >= 0.3 is 6.09 Å². The summed E-state index contributed by atoms with van der Waals surface area (Å²) in [7, 11) is 0. The molecule has 0 saturated carbocycles. The molecule has 0 radical (unpaired) electrons. The minimum absolute atomic E-state index is 0.0137. The molecule has 2 atom stereocenters. The van der Waals surface area contributed by atoms with Crippen molar-refractivity contribution in [1.82, 2.24) is 19.7 Å². The first-order valence-corrected chi connectivity index (χ1v) is 15.4. The number of piperazine rings is 1. The van der Waals surface area contributed by atoms with Crippen molar-refractivity contribution in [2.24, 2.45) is 0 Å². The van der Waals surface area contributed by atoms with Crippen LogP contribution in [0.3, 0.4) is 0 Å². The van der Waals surface area contributed by atoms with Crippen molar-refractivity contribution in [3.63, 3.8) is 0 Å². The number of fused-ring (bicyclic) bond motifs is 1. The summed E-state index contributed by atoms with van der Waals surface area (Å²) in [5.74, 6) is -0.247. The highest BCUT2D eigenvalue weighted by atomic mass is 19.1. The maximum Gasteiger partial charge on any atom is 0.410 e. The number of pyridine rings is 1. The summed E-state index contributed by atoms with van der Waals surface area (Å²) >= 11 is 0. The van der Waals surface area contributed by atoms with Crippen molar-refractivity contribution in [2.45, 2.75) is 71.1 Å². The van der Waals surface area contributed by atoms with Crippen molar-refractivity contribution >= 4 is 17.7 Å². The molecule has 2 amide bonds. The molecule has 3 aliphatic heterocycles. The smallest absolute Gasteiger partial charge is 0.410 e. The van der Waals surface area contributed by atoms with Gasteiger partial charge in [-0.3, -0.25) is 19.6 Å². The largest absolute Gasteiger partial charge is 0.444 e. The number of halogens is 1. The molecule has 43 heavy (non-hydrogen) atoms. The number of hydrogen-bond donors (Lipinski definition) is 0.